The van der Waals surface area contributed by atoms with Crippen LogP contribution in [0.2, 0.25) is 0 Å². The molecule has 0 aliphatic carbocycles. The van der Waals surface area contributed by atoms with Crippen molar-refractivity contribution in [2.45, 2.75) is 29.3 Å². The summed E-state index contributed by atoms with van der Waals surface area (Å²) in [7, 11) is 0. The van der Waals surface area contributed by atoms with Gasteiger partial charge in [-0.25, -0.2) is 8.78 Å². The molecule has 0 amide bonds. The van der Waals surface area contributed by atoms with Gasteiger partial charge in [-0.05, 0) is 24.3 Å². The highest BCUT2D eigenvalue weighted by Crippen LogP contribution is 2.52. The van der Waals surface area contributed by atoms with E-state index in [0.717, 1.165) is 12.1 Å². The van der Waals surface area contributed by atoms with E-state index in [-0.39, 0.29) is 44.8 Å². The maximum atomic E-state index is 13.6. The number of benzene rings is 2. The van der Waals surface area contributed by atoms with Crippen molar-refractivity contribution in [3.05, 3.63) is 52.8 Å². The molecule has 25 heavy (non-hydrogen) atoms. The van der Waals surface area contributed by atoms with Gasteiger partial charge >= 0.3 is 5.25 Å². The minimum absolute atomic E-state index is 0.0185. The predicted octanol–water partition coefficient (Wildman–Crippen LogP) is 5.08. The Morgan fingerprint density at radius 2 is 2.08 bits per heavy atom. The number of fused-ring (bicyclic) bond motifs is 1. The quantitative estimate of drug-likeness (QED) is 0.767. The van der Waals surface area contributed by atoms with Gasteiger partial charge in [-0.2, -0.15) is 14.0 Å². The van der Waals surface area contributed by atoms with Crippen molar-refractivity contribution in [2.24, 2.45) is 0 Å². The van der Waals surface area contributed by atoms with Crippen molar-refractivity contribution in [2.75, 3.05) is 0 Å². The molecule has 1 aliphatic rings. The summed E-state index contributed by atoms with van der Waals surface area (Å²) in [6.45, 7) is -1.05. The van der Waals surface area contributed by atoms with Gasteiger partial charge in [-0.15, -0.1) is 0 Å². The van der Waals surface area contributed by atoms with Gasteiger partial charge in [0.2, 0.25) is 0 Å². The lowest BCUT2D eigenvalue weighted by atomic mass is 9.99. The zero-order valence-corrected chi connectivity index (χ0v) is 13.4. The number of aliphatic hydroxyl groups is 1. The summed E-state index contributed by atoms with van der Waals surface area (Å²) in [6, 6.07) is 7.65. The standard InChI is InChI=1S/C17H11F4NO2S/c18-7-12-14(24-11-4-9(8-22)3-10(19)5-11)1-2-15-16(12)13(23)6-17(20,21)25-15/h1-5,13,23H,6-7H2. The van der Waals surface area contributed by atoms with Crippen LogP contribution in [-0.2, 0) is 6.67 Å². The fraction of sp³-hybridized carbons (Fsp3) is 0.235. The zero-order valence-electron chi connectivity index (χ0n) is 12.6. The summed E-state index contributed by atoms with van der Waals surface area (Å²) in [5.74, 6) is -0.765. The average Bonchev–Trinajstić information content (AvgIpc) is 2.53. The Balaban J connectivity index is 2.03. The number of halogens is 4. The molecule has 2 aromatic rings. The van der Waals surface area contributed by atoms with E-state index < -0.39 is 30.3 Å². The zero-order chi connectivity index (χ0) is 18.2. The molecule has 1 N–H and O–H groups in total. The first-order chi connectivity index (χ1) is 11.8. The van der Waals surface area contributed by atoms with Crippen molar-refractivity contribution >= 4 is 11.8 Å². The highest BCUT2D eigenvalue weighted by atomic mass is 32.2. The third-order valence-corrected chi connectivity index (χ3v) is 4.70. The van der Waals surface area contributed by atoms with Gasteiger partial charge in [0, 0.05) is 22.1 Å². The molecule has 1 heterocycles. The summed E-state index contributed by atoms with van der Waals surface area (Å²) in [5.41, 5.74) is -0.00593. The number of nitriles is 1. The van der Waals surface area contributed by atoms with Crippen LogP contribution in [0, 0.1) is 17.1 Å². The van der Waals surface area contributed by atoms with Gasteiger partial charge in [0.1, 0.15) is 24.0 Å². The molecule has 1 atom stereocenters. The Labute approximate surface area is 144 Å². The monoisotopic (exact) mass is 369 g/mol. The predicted molar refractivity (Wildman–Crippen MR) is 82.8 cm³/mol. The Morgan fingerprint density at radius 1 is 1.32 bits per heavy atom. The van der Waals surface area contributed by atoms with Crippen molar-refractivity contribution in [3.8, 4) is 17.6 Å². The molecule has 0 fully saturated rings. The van der Waals surface area contributed by atoms with E-state index in [2.05, 4.69) is 0 Å². The molecular weight excluding hydrogens is 358 g/mol. The maximum Gasteiger partial charge on any atom is 0.301 e. The van der Waals surface area contributed by atoms with Gasteiger partial charge in [-0.1, -0.05) is 11.8 Å². The minimum atomic E-state index is -3.15. The molecule has 1 aliphatic heterocycles. The summed E-state index contributed by atoms with van der Waals surface area (Å²) in [5, 5.41) is 15.7. The lowest BCUT2D eigenvalue weighted by Crippen LogP contribution is -2.22. The smallest absolute Gasteiger partial charge is 0.301 e. The van der Waals surface area contributed by atoms with Crippen LogP contribution in [0.15, 0.2) is 35.2 Å². The van der Waals surface area contributed by atoms with Crippen molar-refractivity contribution < 1.29 is 27.4 Å². The van der Waals surface area contributed by atoms with E-state index in [0.29, 0.717) is 0 Å². The van der Waals surface area contributed by atoms with Crippen LogP contribution < -0.4 is 4.74 Å². The average molecular weight is 369 g/mol. The molecule has 130 valence electrons. The molecule has 0 aromatic heterocycles. The highest BCUT2D eigenvalue weighted by Gasteiger charge is 2.41. The normalized spacial score (nSPS) is 18.3. The molecule has 0 saturated heterocycles. The largest absolute Gasteiger partial charge is 0.457 e. The van der Waals surface area contributed by atoms with Gasteiger partial charge in [0.15, 0.2) is 0 Å². The lowest BCUT2D eigenvalue weighted by molar-refractivity contribution is 0.0268. The Morgan fingerprint density at radius 3 is 2.76 bits per heavy atom. The number of hydrogen-bond donors (Lipinski definition) is 1. The minimum Gasteiger partial charge on any atom is -0.457 e. The fourth-order valence-electron chi connectivity index (χ4n) is 2.65. The Kier molecular flexibility index (Phi) is 4.62. The molecule has 0 saturated carbocycles. The highest BCUT2D eigenvalue weighted by molar-refractivity contribution is 8.00. The molecule has 0 spiro atoms. The van der Waals surface area contributed by atoms with E-state index >= 15 is 0 Å². The lowest BCUT2D eigenvalue weighted by Gasteiger charge is -2.29. The first-order valence-electron chi connectivity index (χ1n) is 7.18. The van der Waals surface area contributed by atoms with Crippen LogP contribution in [0.3, 0.4) is 0 Å². The number of alkyl halides is 3. The summed E-state index contributed by atoms with van der Waals surface area (Å²) < 4.78 is 59.6. The number of thioether (sulfide) groups is 1. The van der Waals surface area contributed by atoms with Gasteiger partial charge in [-0.3, -0.25) is 0 Å². The second kappa shape index (κ2) is 6.58. The van der Waals surface area contributed by atoms with Crippen molar-refractivity contribution in [1.82, 2.24) is 0 Å². The topological polar surface area (TPSA) is 53.2 Å². The van der Waals surface area contributed by atoms with Crippen LogP contribution in [0.4, 0.5) is 17.6 Å². The molecule has 0 bridgehead atoms. The number of hydrogen-bond acceptors (Lipinski definition) is 4. The van der Waals surface area contributed by atoms with Crippen molar-refractivity contribution in [1.29, 1.82) is 5.26 Å². The van der Waals surface area contributed by atoms with E-state index in [1.165, 1.54) is 18.2 Å². The van der Waals surface area contributed by atoms with Crippen LogP contribution in [0.5, 0.6) is 11.5 Å². The van der Waals surface area contributed by atoms with Crippen LogP contribution in [0.25, 0.3) is 0 Å². The molecule has 0 radical (unpaired) electrons. The Bertz CT molecular complexity index is 866. The SMILES string of the molecule is N#Cc1cc(F)cc(Oc2ccc3c(c2CF)C(O)CC(F)(F)S3)c1. The third kappa shape index (κ3) is 3.57. The molecule has 1 unspecified atom stereocenters. The second-order valence-electron chi connectivity index (χ2n) is 5.44. The second-order valence-corrected chi connectivity index (χ2v) is 6.68. The van der Waals surface area contributed by atoms with Crippen LogP contribution in [0.1, 0.15) is 29.2 Å². The molecule has 3 nitrogen and oxygen atoms in total. The molecule has 2 aromatic carbocycles. The number of aliphatic hydroxyl groups excluding tert-OH is 1. The molecule has 3 rings (SSSR count). The number of ether oxygens (including phenoxy) is 1. The Hall–Kier alpha value is -2.24. The first kappa shape index (κ1) is 17.6. The van der Waals surface area contributed by atoms with Crippen LogP contribution >= 0.6 is 11.8 Å². The van der Waals surface area contributed by atoms with Crippen molar-refractivity contribution in [3.63, 3.8) is 0 Å². The van der Waals surface area contributed by atoms with E-state index in [9.17, 15) is 22.7 Å². The summed E-state index contributed by atoms with van der Waals surface area (Å²) >= 11 is 0.252. The van der Waals surface area contributed by atoms with Gasteiger partial charge in [0.05, 0.1) is 24.2 Å². The number of nitrogens with zero attached hydrogens (tertiary/aromatic N) is 1. The summed E-state index contributed by atoms with van der Waals surface area (Å²) in [4.78, 5) is 0.0701. The first-order valence-corrected chi connectivity index (χ1v) is 8.00. The molecule has 8 heteroatoms. The fourth-order valence-corrected chi connectivity index (χ4v) is 3.72. The maximum absolute atomic E-state index is 13.6. The van der Waals surface area contributed by atoms with E-state index in [1.54, 1.807) is 6.07 Å². The number of rotatable bonds is 3. The summed E-state index contributed by atoms with van der Waals surface area (Å²) in [6.07, 6.45) is -2.37. The van der Waals surface area contributed by atoms with Gasteiger partial charge in [0.25, 0.3) is 0 Å². The third-order valence-electron chi connectivity index (χ3n) is 3.66. The van der Waals surface area contributed by atoms with E-state index in [1.807, 2.05) is 0 Å². The van der Waals surface area contributed by atoms with E-state index in [4.69, 9.17) is 10.00 Å². The van der Waals surface area contributed by atoms with Crippen LogP contribution in [-0.4, -0.2) is 10.4 Å². The van der Waals surface area contributed by atoms with Gasteiger partial charge < -0.3 is 9.84 Å². The molecular formula is C17H11F4NO2S.